The number of dihydropyridines is 1. The van der Waals surface area contributed by atoms with Crippen molar-refractivity contribution in [2.24, 2.45) is 4.99 Å². The number of aromatic nitrogens is 2. The molecular weight excluding hydrogens is 322 g/mol. The van der Waals surface area contributed by atoms with Gasteiger partial charge in [0.1, 0.15) is 23.1 Å². The number of hydrogen-bond donors (Lipinski definition) is 1. The number of allylic oxidation sites excluding steroid dienone is 1. The summed E-state index contributed by atoms with van der Waals surface area (Å²) >= 11 is 0. The summed E-state index contributed by atoms with van der Waals surface area (Å²) in [6, 6.07) is 3.11. The molecule has 2 heterocycles. The third-order valence-electron chi connectivity index (χ3n) is 3.21. The van der Waals surface area contributed by atoms with E-state index in [0.29, 0.717) is 0 Å². The molecule has 1 aliphatic heterocycles. The second-order valence-corrected chi connectivity index (χ2v) is 4.80. The second kappa shape index (κ2) is 6.49. The number of rotatable bonds is 4. The predicted octanol–water partition coefficient (Wildman–Crippen LogP) is 1.53. The van der Waals surface area contributed by atoms with Gasteiger partial charge < -0.3 is 9.84 Å². The number of halogens is 2. The highest BCUT2D eigenvalue weighted by Crippen LogP contribution is 2.18. The molecule has 1 aromatic carbocycles. The summed E-state index contributed by atoms with van der Waals surface area (Å²) in [7, 11) is 0. The molecule has 1 aromatic heterocycles. The van der Waals surface area contributed by atoms with Crippen LogP contribution in [0.25, 0.3) is 0 Å². The lowest BCUT2D eigenvalue weighted by molar-refractivity contribution is -0.118. The van der Waals surface area contributed by atoms with Gasteiger partial charge in [-0.1, -0.05) is 17.3 Å². The summed E-state index contributed by atoms with van der Waals surface area (Å²) in [6.07, 6.45) is 4.48. The number of carbonyl (C=O) groups excluding carboxylic acids is 2. The van der Waals surface area contributed by atoms with Crippen molar-refractivity contribution < 1.29 is 22.9 Å². The van der Waals surface area contributed by atoms with Gasteiger partial charge in [0, 0.05) is 6.21 Å². The molecule has 0 saturated heterocycles. The molecule has 1 N–H and O–H groups in total. The number of amides is 2. The quantitative estimate of drug-likeness (QED) is 0.916. The van der Waals surface area contributed by atoms with E-state index in [-0.39, 0.29) is 18.3 Å². The Bertz CT molecular complexity index is 840. The van der Waals surface area contributed by atoms with Crippen molar-refractivity contribution in [3.05, 3.63) is 59.3 Å². The number of benzene rings is 1. The minimum absolute atomic E-state index is 0.00847. The molecule has 0 saturated carbocycles. The van der Waals surface area contributed by atoms with Crippen molar-refractivity contribution in [1.82, 2.24) is 15.5 Å². The van der Waals surface area contributed by atoms with E-state index in [0.717, 1.165) is 18.2 Å². The maximum absolute atomic E-state index is 13.5. The van der Waals surface area contributed by atoms with Crippen molar-refractivity contribution in [2.45, 2.75) is 12.5 Å². The minimum Gasteiger partial charge on any atom is -0.343 e. The van der Waals surface area contributed by atoms with E-state index >= 15 is 0 Å². The molecule has 1 unspecified atom stereocenters. The number of carbonyl (C=O) groups is 2. The van der Waals surface area contributed by atoms with Crippen molar-refractivity contribution in [2.75, 3.05) is 0 Å². The van der Waals surface area contributed by atoms with Crippen molar-refractivity contribution in [3.63, 3.8) is 0 Å². The maximum atomic E-state index is 13.5. The number of aliphatic imine (C=N–C) groups is 1. The van der Waals surface area contributed by atoms with Crippen molar-refractivity contribution in [3.8, 4) is 0 Å². The van der Waals surface area contributed by atoms with Gasteiger partial charge in [-0.2, -0.15) is 4.98 Å². The molecule has 7 nitrogen and oxygen atoms in total. The summed E-state index contributed by atoms with van der Waals surface area (Å²) in [5, 5.41) is 5.92. The highest BCUT2D eigenvalue weighted by molar-refractivity contribution is 5.97. The van der Waals surface area contributed by atoms with Crippen LogP contribution in [0.4, 0.5) is 8.78 Å². The molecule has 2 aromatic rings. The summed E-state index contributed by atoms with van der Waals surface area (Å²) in [5.74, 6) is -4.03. The zero-order chi connectivity index (χ0) is 17.1. The van der Waals surface area contributed by atoms with Crippen LogP contribution >= 0.6 is 0 Å². The van der Waals surface area contributed by atoms with Gasteiger partial charge in [-0.05, 0) is 18.2 Å². The van der Waals surface area contributed by atoms with E-state index in [9.17, 15) is 18.4 Å². The van der Waals surface area contributed by atoms with Crippen molar-refractivity contribution in [1.29, 1.82) is 0 Å². The minimum atomic E-state index is -0.977. The van der Waals surface area contributed by atoms with Gasteiger partial charge in [0.25, 0.3) is 11.8 Å². The molecule has 122 valence electrons. The summed E-state index contributed by atoms with van der Waals surface area (Å²) in [4.78, 5) is 31.0. The zero-order valence-electron chi connectivity index (χ0n) is 12.1. The fraction of sp³-hybridized carbons (Fsp3) is 0.133. The molecular formula is C15H10F2N4O3. The first kappa shape index (κ1) is 15.7. The van der Waals surface area contributed by atoms with Crippen LogP contribution in [-0.4, -0.2) is 28.2 Å². The first-order valence-corrected chi connectivity index (χ1v) is 6.85. The van der Waals surface area contributed by atoms with Gasteiger partial charge in [0.2, 0.25) is 5.89 Å². The highest BCUT2D eigenvalue weighted by atomic mass is 19.1. The average Bonchev–Trinajstić information content (AvgIpc) is 3.02. The second-order valence-electron chi connectivity index (χ2n) is 4.80. The van der Waals surface area contributed by atoms with E-state index in [1.807, 2.05) is 0 Å². The summed E-state index contributed by atoms with van der Waals surface area (Å²) < 4.78 is 31.9. The Morgan fingerprint density at radius 1 is 1.29 bits per heavy atom. The molecule has 3 rings (SSSR count). The number of nitrogens with one attached hydrogen (secondary N) is 1. The molecule has 1 atom stereocenters. The molecule has 0 aliphatic carbocycles. The molecule has 1 aliphatic rings. The predicted molar refractivity (Wildman–Crippen MR) is 77.2 cm³/mol. The first-order chi connectivity index (χ1) is 11.6. The van der Waals surface area contributed by atoms with Gasteiger partial charge in [-0.25, -0.2) is 13.8 Å². The maximum Gasteiger partial charge on any atom is 0.260 e. The van der Waals surface area contributed by atoms with Gasteiger partial charge in [-0.15, -0.1) is 0 Å². The standard InChI is InChI=1S/C15H10F2N4O3/c16-9-4-1-5-10(17)12(9)15(23)19-7-11-20-13(21-24-11)8-3-2-6-18-14(8)22/h1-6,8H,7H2,(H,19,23). The Labute approximate surface area is 134 Å². The van der Waals surface area contributed by atoms with Gasteiger partial charge >= 0.3 is 0 Å². The Morgan fingerprint density at radius 3 is 2.75 bits per heavy atom. The van der Waals surface area contributed by atoms with E-state index in [1.165, 1.54) is 6.21 Å². The van der Waals surface area contributed by atoms with E-state index in [4.69, 9.17) is 4.52 Å². The molecule has 0 bridgehead atoms. The van der Waals surface area contributed by atoms with Crippen LogP contribution in [0.2, 0.25) is 0 Å². The van der Waals surface area contributed by atoms with Crippen LogP contribution in [0.1, 0.15) is 28.0 Å². The highest BCUT2D eigenvalue weighted by Gasteiger charge is 2.24. The monoisotopic (exact) mass is 332 g/mol. The fourth-order valence-electron chi connectivity index (χ4n) is 2.06. The van der Waals surface area contributed by atoms with Gasteiger partial charge in [0.05, 0.1) is 6.54 Å². The topological polar surface area (TPSA) is 97.5 Å². The Kier molecular flexibility index (Phi) is 4.23. The normalized spacial score (nSPS) is 16.4. The van der Waals surface area contributed by atoms with Crippen LogP contribution in [0.3, 0.4) is 0 Å². The Morgan fingerprint density at radius 2 is 2.04 bits per heavy atom. The molecule has 0 radical (unpaired) electrons. The third-order valence-corrected chi connectivity index (χ3v) is 3.21. The van der Waals surface area contributed by atoms with Gasteiger partial charge in [0.15, 0.2) is 5.82 Å². The van der Waals surface area contributed by atoms with E-state index < -0.39 is 34.9 Å². The largest absolute Gasteiger partial charge is 0.343 e. The summed E-state index contributed by atoms with van der Waals surface area (Å²) in [6.45, 7) is -0.243. The fourth-order valence-corrected chi connectivity index (χ4v) is 2.06. The molecule has 24 heavy (non-hydrogen) atoms. The Hall–Kier alpha value is -3.23. The van der Waals surface area contributed by atoms with Crippen LogP contribution < -0.4 is 5.32 Å². The lowest BCUT2D eigenvalue weighted by Crippen LogP contribution is -2.25. The van der Waals surface area contributed by atoms with E-state index in [1.54, 1.807) is 12.2 Å². The number of hydrogen-bond acceptors (Lipinski definition) is 5. The smallest absolute Gasteiger partial charge is 0.260 e. The van der Waals surface area contributed by atoms with Crippen LogP contribution in [-0.2, 0) is 11.3 Å². The van der Waals surface area contributed by atoms with Crippen LogP contribution in [0, 0.1) is 11.6 Å². The van der Waals surface area contributed by atoms with E-state index in [2.05, 4.69) is 20.4 Å². The zero-order valence-corrected chi connectivity index (χ0v) is 12.1. The summed E-state index contributed by atoms with van der Waals surface area (Å²) in [5.41, 5.74) is -0.697. The van der Waals surface area contributed by atoms with Crippen molar-refractivity contribution >= 4 is 18.0 Å². The lowest BCUT2D eigenvalue weighted by Gasteiger charge is -2.05. The molecule has 0 fully saturated rings. The molecule has 2 amide bonds. The van der Waals surface area contributed by atoms with Crippen LogP contribution in [0.15, 0.2) is 39.9 Å². The molecule has 0 spiro atoms. The third kappa shape index (κ3) is 3.09. The average molecular weight is 332 g/mol. The first-order valence-electron chi connectivity index (χ1n) is 6.85. The van der Waals surface area contributed by atoms with Crippen LogP contribution in [0.5, 0.6) is 0 Å². The molecule has 9 heteroatoms. The number of nitrogens with zero attached hydrogens (tertiary/aromatic N) is 3. The lowest BCUT2D eigenvalue weighted by atomic mass is 10.1. The van der Waals surface area contributed by atoms with Gasteiger partial charge in [-0.3, -0.25) is 9.59 Å². The SMILES string of the molecule is O=C(NCc1nc(C2C=CC=NC2=O)no1)c1c(F)cccc1F. The Balaban J connectivity index is 1.68.